The van der Waals surface area contributed by atoms with E-state index < -0.39 is 0 Å². The van der Waals surface area contributed by atoms with Crippen molar-refractivity contribution in [3.63, 3.8) is 0 Å². The van der Waals surface area contributed by atoms with Gasteiger partial charge in [-0.3, -0.25) is 4.79 Å². The van der Waals surface area contributed by atoms with Crippen molar-refractivity contribution in [1.82, 2.24) is 4.98 Å². The average Bonchev–Trinajstić information content (AvgIpc) is 2.97. The number of aryl methyl sites for hydroxylation is 1. The molecule has 108 valence electrons. The molecule has 1 aliphatic carbocycles. The molecule has 0 bridgehead atoms. The third-order valence-corrected chi connectivity index (χ3v) is 4.08. The lowest BCUT2D eigenvalue weighted by atomic mass is 9.87. The van der Waals surface area contributed by atoms with Gasteiger partial charge >= 0.3 is 0 Å². The van der Waals surface area contributed by atoms with Crippen molar-refractivity contribution >= 4 is 11.4 Å². The Labute approximate surface area is 123 Å². The van der Waals surface area contributed by atoms with Crippen LogP contribution in [-0.2, 0) is 13.0 Å². The van der Waals surface area contributed by atoms with E-state index in [1.54, 1.807) is 0 Å². The van der Waals surface area contributed by atoms with Gasteiger partial charge < -0.3 is 10.1 Å². The van der Waals surface area contributed by atoms with Gasteiger partial charge in [-0.2, -0.15) is 0 Å². The van der Waals surface area contributed by atoms with Gasteiger partial charge in [0.1, 0.15) is 6.61 Å². The number of hydrogen-bond donors (Lipinski definition) is 2. The Bertz CT molecular complexity index is 713. The average molecular weight is 283 g/mol. The maximum absolute atomic E-state index is 12.6. The van der Waals surface area contributed by atoms with Crippen LogP contribution < -0.4 is 4.57 Å². The molecule has 2 N–H and O–H groups in total. The topological polar surface area (TPSA) is 57.0 Å². The fourth-order valence-electron chi connectivity index (χ4n) is 2.88. The number of fused-ring (bicyclic) bond motifs is 1. The van der Waals surface area contributed by atoms with Crippen LogP contribution in [-0.4, -0.2) is 22.5 Å². The van der Waals surface area contributed by atoms with Crippen LogP contribution in [0.5, 0.6) is 0 Å². The van der Waals surface area contributed by atoms with Crippen molar-refractivity contribution < 1.29 is 14.5 Å². The number of aliphatic hydroxyl groups excluding tert-OH is 1. The number of hydrogen-bond acceptors (Lipinski definition) is 2. The number of H-pyrrole nitrogens is 1. The largest absolute Gasteiger partial charge is 0.390 e. The molecule has 0 aromatic carbocycles. The molecule has 0 spiro atoms. The van der Waals surface area contributed by atoms with Crippen LogP contribution in [0.3, 0.4) is 0 Å². The predicted molar refractivity (Wildman–Crippen MR) is 79.8 cm³/mol. The summed E-state index contributed by atoms with van der Waals surface area (Å²) in [5.74, 6) is 0.132. The SMILES string of the molecule is CC(=C1CCc2[nH]ccc2C1=O)c1ccc[n+](CCO)c1. The van der Waals surface area contributed by atoms with Gasteiger partial charge in [0.15, 0.2) is 24.7 Å². The van der Waals surface area contributed by atoms with Gasteiger partial charge in [-0.05, 0) is 37.5 Å². The van der Waals surface area contributed by atoms with Gasteiger partial charge in [-0.25, -0.2) is 4.57 Å². The zero-order valence-corrected chi connectivity index (χ0v) is 12.1. The number of allylic oxidation sites excluding steroid dienone is 2. The number of carbonyl (C=O) groups is 1. The van der Waals surface area contributed by atoms with Crippen LogP contribution in [0.25, 0.3) is 5.57 Å². The summed E-state index contributed by atoms with van der Waals surface area (Å²) in [7, 11) is 0. The number of aromatic amines is 1. The molecule has 0 unspecified atom stereocenters. The summed E-state index contributed by atoms with van der Waals surface area (Å²) < 4.78 is 1.94. The molecule has 0 fully saturated rings. The molecule has 0 amide bonds. The highest BCUT2D eigenvalue weighted by Crippen LogP contribution is 2.29. The van der Waals surface area contributed by atoms with E-state index in [2.05, 4.69) is 4.98 Å². The van der Waals surface area contributed by atoms with Crippen LogP contribution in [0.15, 0.2) is 42.4 Å². The van der Waals surface area contributed by atoms with E-state index in [4.69, 9.17) is 5.11 Å². The summed E-state index contributed by atoms with van der Waals surface area (Å²) in [5.41, 5.74) is 4.80. The molecule has 0 aliphatic heterocycles. The quantitative estimate of drug-likeness (QED) is 0.667. The standard InChI is InChI=1S/C17H18N2O2/c1-12(13-3-2-8-19(11-13)9-10-20)14-4-5-16-15(17(14)21)6-7-18-16/h2-3,6-8,11,20H,4-5,9-10H2,1H3/p+1. The van der Waals surface area contributed by atoms with E-state index >= 15 is 0 Å². The lowest BCUT2D eigenvalue weighted by molar-refractivity contribution is -0.698. The maximum atomic E-state index is 12.6. The number of Topliss-reactive ketones (excluding diaryl/α,β-unsaturated/α-hetero) is 1. The van der Waals surface area contributed by atoms with Gasteiger partial charge in [0.25, 0.3) is 0 Å². The van der Waals surface area contributed by atoms with Crippen LogP contribution >= 0.6 is 0 Å². The van der Waals surface area contributed by atoms with Crippen molar-refractivity contribution in [3.8, 4) is 0 Å². The van der Waals surface area contributed by atoms with Crippen LogP contribution in [0.2, 0.25) is 0 Å². The number of rotatable bonds is 3. The summed E-state index contributed by atoms with van der Waals surface area (Å²) in [6, 6.07) is 5.82. The fraction of sp³-hybridized carbons (Fsp3) is 0.294. The van der Waals surface area contributed by atoms with Crippen molar-refractivity contribution in [2.75, 3.05) is 6.61 Å². The summed E-state index contributed by atoms with van der Waals surface area (Å²) in [6.45, 7) is 2.67. The smallest absolute Gasteiger partial charge is 0.191 e. The molecular formula is C17H19N2O2+. The van der Waals surface area contributed by atoms with Gasteiger partial charge in [-0.15, -0.1) is 0 Å². The highest BCUT2D eigenvalue weighted by atomic mass is 16.3. The van der Waals surface area contributed by atoms with Gasteiger partial charge in [0.2, 0.25) is 0 Å². The van der Waals surface area contributed by atoms with E-state index in [1.165, 1.54) is 0 Å². The zero-order chi connectivity index (χ0) is 14.8. The fourth-order valence-corrected chi connectivity index (χ4v) is 2.88. The number of pyridine rings is 1. The van der Waals surface area contributed by atoms with Crippen molar-refractivity contribution in [2.24, 2.45) is 0 Å². The highest BCUT2D eigenvalue weighted by Gasteiger charge is 2.25. The zero-order valence-electron chi connectivity index (χ0n) is 12.1. The second-order valence-electron chi connectivity index (χ2n) is 5.36. The summed E-state index contributed by atoms with van der Waals surface area (Å²) >= 11 is 0. The molecular weight excluding hydrogens is 264 g/mol. The normalized spacial score (nSPS) is 16.8. The highest BCUT2D eigenvalue weighted by molar-refractivity contribution is 6.14. The monoisotopic (exact) mass is 283 g/mol. The molecule has 0 saturated heterocycles. The lowest BCUT2D eigenvalue weighted by Crippen LogP contribution is -2.35. The Morgan fingerprint density at radius 1 is 1.38 bits per heavy atom. The first kappa shape index (κ1) is 13.8. The van der Waals surface area contributed by atoms with Crippen LogP contribution in [0, 0.1) is 0 Å². The van der Waals surface area contributed by atoms with Gasteiger partial charge in [-0.1, -0.05) is 0 Å². The molecule has 0 radical (unpaired) electrons. The first-order valence-corrected chi connectivity index (χ1v) is 7.21. The second-order valence-corrected chi connectivity index (χ2v) is 5.36. The Kier molecular flexibility index (Phi) is 3.71. The van der Waals surface area contributed by atoms with Gasteiger partial charge in [0, 0.05) is 34.7 Å². The summed E-state index contributed by atoms with van der Waals surface area (Å²) in [6.07, 6.45) is 7.39. The number of nitrogens with one attached hydrogen (secondary N) is 1. The molecule has 4 nitrogen and oxygen atoms in total. The lowest BCUT2D eigenvalue weighted by Gasteiger charge is -2.16. The first-order valence-electron chi connectivity index (χ1n) is 7.21. The molecule has 3 rings (SSSR count). The predicted octanol–water partition coefficient (Wildman–Crippen LogP) is 1.90. The van der Waals surface area contributed by atoms with Gasteiger partial charge in [0.05, 0.1) is 0 Å². The Morgan fingerprint density at radius 2 is 2.24 bits per heavy atom. The van der Waals surface area contributed by atoms with E-state index in [9.17, 15) is 4.79 Å². The Morgan fingerprint density at radius 3 is 3.05 bits per heavy atom. The van der Waals surface area contributed by atoms with E-state index in [0.29, 0.717) is 6.54 Å². The Hall–Kier alpha value is -2.20. The van der Waals surface area contributed by atoms with Crippen molar-refractivity contribution in [2.45, 2.75) is 26.3 Å². The minimum Gasteiger partial charge on any atom is -0.390 e. The number of ketones is 1. The molecule has 4 heteroatoms. The minimum atomic E-state index is 0.107. The van der Waals surface area contributed by atoms with E-state index in [1.807, 2.05) is 48.3 Å². The number of carbonyl (C=O) groups excluding carboxylic acids is 1. The third-order valence-electron chi connectivity index (χ3n) is 4.08. The molecule has 2 aromatic rings. The summed E-state index contributed by atoms with van der Waals surface area (Å²) in [5, 5.41) is 9.04. The van der Waals surface area contributed by atoms with Crippen LogP contribution in [0.1, 0.15) is 35.0 Å². The Balaban J connectivity index is 1.99. The van der Waals surface area contributed by atoms with E-state index in [-0.39, 0.29) is 12.4 Å². The number of aliphatic hydroxyl groups is 1. The molecule has 0 saturated carbocycles. The summed E-state index contributed by atoms with van der Waals surface area (Å²) in [4.78, 5) is 15.7. The van der Waals surface area contributed by atoms with E-state index in [0.717, 1.165) is 40.8 Å². The molecule has 2 aromatic heterocycles. The minimum absolute atomic E-state index is 0.107. The van der Waals surface area contributed by atoms with Crippen LogP contribution in [0.4, 0.5) is 0 Å². The molecule has 21 heavy (non-hydrogen) atoms. The van der Waals surface area contributed by atoms with Crippen molar-refractivity contribution in [3.05, 3.63) is 59.2 Å². The van der Waals surface area contributed by atoms with Crippen molar-refractivity contribution in [1.29, 1.82) is 0 Å². The molecule has 2 heterocycles. The molecule has 1 aliphatic rings. The third kappa shape index (κ3) is 2.54. The maximum Gasteiger partial charge on any atom is 0.191 e. The first-order chi connectivity index (χ1) is 10.2. The number of aromatic nitrogens is 2. The molecule has 0 atom stereocenters. The second kappa shape index (κ2) is 5.66. The number of nitrogens with zero attached hydrogens (tertiary/aromatic N) is 1.